The zero-order valence-corrected chi connectivity index (χ0v) is 15.3. The van der Waals surface area contributed by atoms with Crippen LogP contribution < -0.4 is 4.74 Å². The molecule has 1 heterocycles. The van der Waals surface area contributed by atoms with Gasteiger partial charge >= 0.3 is 5.97 Å². The van der Waals surface area contributed by atoms with E-state index >= 15 is 0 Å². The minimum atomic E-state index is -0.966. The highest BCUT2D eigenvalue weighted by Gasteiger charge is 2.14. The zero-order valence-electron chi connectivity index (χ0n) is 11.6. The molecule has 112 valence electrons. The molecule has 2 aromatic rings. The first-order chi connectivity index (χ1) is 9.93. The van der Waals surface area contributed by atoms with E-state index < -0.39 is 5.97 Å². The lowest BCUT2D eigenvalue weighted by molar-refractivity contribution is 0.0696. The van der Waals surface area contributed by atoms with E-state index in [2.05, 4.69) is 43.6 Å². The van der Waals surface area contributed by atoms with Gasteiger partial charge in [0.2, 0.25) is 0 Å². The smallest absolute Gasteiger partial charge is 0.335 e. The monoisotopic (exact) mass is 464 g/mol. The largest absolute Gasteiger partial charge is 0.486 e. The third-order valence-electron chi connectivity index (χ3n) is 3.00. The van der Waals surface area contributed by atoms with Crippen molar-refractivity contribution in [1.82, 2.24) is 9.78 Å². The molecule has 21 heavy (non-hydrogen) atoms. The molecule has 2 rings (SSSR count). The molecule has 0 aliphatic heterocycles. The van der Waals surface area contributed by atoms with Gasteiger partial charge in [-0.25, -0.2) is 4.79 Å². The Morgan fingerprint density at radius 1 is 1.52 bits per heavy atom. The van der Waals surface area contributed by atoms with Crippen LogP contribution in [-0.2, 0) is 13.2 Å². The van der Waals surface area contributed by atoms with Gasteiger partial charge in [-0.1, -0.05) is 0 Å². The minimum absolute atomic E-state index is 0.213. The van der Waals surface area contributed by atoms with Gasteiger partial charge in [0.1, 0.15) is 12.4 Å². The molecule has 0 atom stereocenters. The van der Waals surface area contributed by atoms with Crippen LogP contribution in [0.4, 0.5) is 0 Å². The molecule has 1 aromatic heterocycles. The molecule has 0 aliphatic rings. The number of hydrogen-bond acceptors (Lipinski definition) is 3. The predicted octanol–water partition coefficient (Wildman–Crippen LogP) is 3.86. The average molecular weight is 465 g/mol. The van der Waals surface area contributed by atoms with Crippen molar-refractivity contribution in [2.45, 2.75) is 27.0 Å². The molecule has 0 radical (unpaired) electrons. The van der Waals surface area contributed by atoms with Crippen molar-refractivity contribution in [1.29, 1.82) is 0 Å². The van der Waals surface area contributed by atoms with Crippen molar-refractivity contribution in [3.8, 4) is 5.75 Å². The molecule has 0 spiro atoms. The number of aromatic carboxylic acids is 1. The molecular formula is C14H14BrIN2O3. The molecule has 0 fully saturated rings. The van der Waals surface area contributed by atoms with Crippen molar-refractivity contribution in [2.24, 2.45) is 0 Å². The normalized spacial score (nSPS) is 10.7. The Kier molecular flexibility index (Phi) is 5.26. The lowest BCUT2D eigenvalue weighted by Gasteiger charge is -2.10. The summed E-state index contributed by atoms with van der Waals surface area (Å²) in [7, 11) is 0. The summed E-state index contributed by atoms with van der Waals surface area (Å²) in [5.41, 5.74) is 2.06. The summed E-state index contributed by atoms with van der Waals surface area (Å²) >= 11 is 5.64. The number of carbonyl (C=O) groups is 1. The molecule has 0 amide bonds. The number of halogens is 2. The molecule has 0 saturated carbocycles. The summed E-state index contributed by atoms with van der Waals surface area (Å²) in [5, 5.41) is 13.4. The fourth-order valence-electron chi connectivity index (χ4n) is 1.90. The summed E-state index contributed by atoms with van der Waals surface area (Å²) in [5.74, 6) is -0.407. The van der Waals surface area contributed by atoms with Gasteiger partial charge in [-0.2, -0.15) is 5.10 Å². The number of carboxylic acid groups (broad SMARTS) is 1. The summed E-state index contributed by atoms with van der Waals surface area (Å²) in [4.78, 5) is 11.0. The molecular weight excluding hydrogens is 451 g/mol. The second-order valence-corrected chi connectivity index (χ2v) is 6.36. The van der Waals surface area contributed by atoms with Gasteiger partial charge in [0.25, 0.3) is 0 Å². The third-order valence-corrected chi connectivity index (χ3v) is 4.92. The standard InChI is InChI=1S/C14H14BrIN2O3/c1-3-18-11(13(15)8(2)17-18)7-21-12-6-9(14(19)20)4-5-10(12)16/h4-6H,3,7H2,1-2H3,(H,19,20). The molecule has 0 aliphatic carbocycles. The summed E-state index contributed by atoms with van der Waals surface area (Å²) < 4.78 is 9.45. The van der Waals surface area contributed by atoms with E-state index in [0.717, 1.165) is 26.0 Å². The number of aryl methyl sites for hydroxylation is 2. The second kappa shape index (κ2) is 6.78. The molecule has 0 bridgehead atoms. The van der Waals surface area contributed by atoms with Crippen LogP contribution in [0.15, 0.2) is 22.7 Å². The average Bonchev–Trinajstić information content (AvgIpc) is 2.73. The van der Waals surface area contributed by atoms with Gasteiger partial charge in [0.05, 0.1) is 25.0 Å². The van der Waals surface area contributed by atoms with Crippen molar-refractivity contribution in [3.63, 3.8) is 0 Å². The SMILES string of the molecule is CCn1nc(C)c(Br)c1COc1cc(C(=O)O)ccc1I. The molecule has 7 heteroatoms. The molecule has 5 nitrogen and oxygen atoms in total. The van der Waals surface area contributed by atoms with Crippen LogP contribution in [0, 0.1) is 10.5 Å². The Labute approximate surface area is 144 Å². The highest BCUT2D eigenvalue weighted by molar-refractivity contribution is 14.1. The van der Waals surface area contributed by atoms with Crippen LogP contribution in [0.3, 0.4) is 0 Å². The van der Waals surface area contributed by atoms with Crippen molar-refractivity contribution in [2.75, 3.05) is 0 Å². The van der Waals surface area contributed by atoms with Crippen molar-refractivity contribution < 1.29 is 14.6 Å². The Bertz CT molecular complexity index is 685. The van der Waals surface area contributed by atoms with Crippen molar-refractivity contribution in [3.05, 3.63) is 43.2 Å². The Hall–Kier alpha value is -1.09. The van der Waals surface area contributed by atoms with E-state index in [0.29, 0.717) is 12.4 Å². The molecule has 0 unspecified atom stereocenters. The predicted molar refractivity (Wildman–Crippen MR) is 90.8 cm³/mol. The van der Waals surface area contributed by atoms with E-state index in [1.807, 2.05) is 18.5 Å². The molecule has 1 N–H and O–H groups in total. The summed E-state index contributed by atoms with van der Waals surface area (Å²) in [6, 6.07) is 4.83. The Morgan fingerprint density at radius 2 is 2.24 bits per heavy atom. The topological polar surface area (TPSA) is 64.4 Å². The fraction of sp³-hybridized carbons (Fsp3) is 0.286. The van der Waals surface area contributed by atoms with E-state index in [1.165, 1.54) is 6.07 Å². The number of ether oxygens (including phenoxy) is 1. The van der Waals surface area contributed by atoms with Gasteiger partial charge in [-0.15, -0.1) is 0 Å². The van der Waals surface area contributed by atoms with Gasteiger partial charge < -0.3 is 9.84 Å². The zero-order chi connectivity index (χ0) is 15.6. The number of rotatable bonds is 5. The van der Waals surface area contributed by atoms with Crippen LogP contribution >= 0.6 is 38.5 Å². The van der Waals surface area contributed by atoms with E-state index in [-0.39, 0.29) is 5.56 Å². The van der Waals surface area contributed by atoms with Crippen molar-refractivity contribution >= 4 is 44.5 Å². The van der Waals surface area contributed by atoms with Crippen LogP contribution in [0.2, 0.25) is 0 Å². The van der Waals surface area contributed by atoms with Crippen LogP contribution in [0.1, 0.15) is 28.7 Å². The number of aromatic nitrogens is 2. The Morgan fingerprint density at radius 3 is 2.86 bits per heavy atom. The first-order valence-corrected chi connectivity index (χ1v) is 8.18. The highest BCUT2D eigenvalue weighted by atomic mass is 127. The first kappa shape index (κ1) is 16.3. The second-order valence-electron chi connectivity index (χ2n) is 4.40. The van der Waals surface area contributed by atoms with E-state index in [1.54, 1.807) is 12.1 Å². The van der Waals surface area contributed by atoms with Gasteiger partial charge in [0, 0.05) is 6.54 Å². The quantitative estimate of drug-likeness (QED) is 0.682. The third kappa shape index (κ3) is 3.57. The number of hydrogen-bond donors (Lipinski definition) is 1. The minimum Gasteiger partial charge on any atom is -0.486 e. The van der Waals surface area contributed by atoms with E-state index in [9.17, 15) is 4.79 Å². The van der Waals surface area contributed by atoms with Gasteiger partial charge in [-0.3, -0.25) is 4.68 Å². The first-order valence-electron chi connectivity index (χ1n) is 6.31. The molecule has 0 saturated heterocycles. The number of benzene rings is 1. The van der Waals surface area contributed by atoms with Crippen LogP contribution in [0.25, 0.3) is 0 Å². The maximum atomic E-state index is 11.0. The maximum absolute atomic E-state index is 11.0. The van der Waals surface area contributed by atoms with Crippen LogP contribution in [-0.4, -0.2) is 20.9 Å². The van der Waals surface area contributed by atoms with E-state index in [4.69, 9.17) is 9.84 Å². The number of nitrogens with zero attached hydrogens (tertiary/aromatic N) is 2. The van der Waals surface area contributed by atoms with Gasteiger partial charge in [-0.05, 0) is 70.6 Å². The number of carboxylic acids is 1. The van der Waals surface area contributed by atoms with Crippen LogP contribution in [0.5, 0.6) is 5.75 Å². The van der Waals surface area contributed by atoms with Gasteiger partial charge in [0.15, 0.2) is 0 Å². The highest BCUT2D eigenvalue weighted by Crippen LogP contribution is 2.26. The maximum Gasteiger partial charge on any atom is 0.335 e. The lowest BCUT2D eigenvalue weighted by Crippen LogP contribution is -2.07. The summed E-state index contributed by atoms with van der Waals surface area (Å²) in [6.07, 6.45) is 0. The lowest BCUT2D eigenvalue weighted by atomic mass is 10.2. The fourth-order valence-corrected chi connectivity index (χ4v) is 2.79. The Balaban J connectivity index is 2.24. The summed E-state index contributed by atoms with van der Waals surface area (Å²) in [6.45, 7) is 5.01. The molecule has 1 aromatic carbocycles.